The van der Waals surface area contributed by atoms with E-state index in [0.717, 1.165) is 30.0 Å². The van der Waals surface area contributed by atoms with E-state index in [9.17, 15) is 13.2 Å². The number of anilines is 1. The number of rotatable bonds is 6. The van der Waals surface area contributed by atoms with Gasteiger partial charge in [0.05, 0.1) is 4.90 Å². The van der Waals surface area contributed by atoms with Gasteiger partial charge < -0.3 is 10.1 Å². The molecule has 0 fully saturated rings. The van der Waals surface area contributed by atoms with Crippen LogP contribution in [0.15, 0.2) is 76.6 Å². The third kappa shape index (κ3) is 5.64. The molecule has 1 aliphatic heterocycles. The lowest BCUT2D eigenvalue weighted by Crippen LogP contribution is -2.30. The highest BCUT2D eigenvalue weighted by Gasteiger charge is 2.18. The number of ether oxygens (including phenoxy) is 1. The Labute approximate surface area is 187 Å². The molecule has 7 nitrogen and oxygen atoms in total. The number of amides is 1. The third-order valence-corrected chi connectivity index (χ3v) is 6.52. The van der Waals surface area contributed by atoms with Gasteiger partial charge >= 0.3 is 0 Å². The van der Waals surface area contributed by atoms with Crippen LogP contribution in [0.1, 0.15) is 25.7 Å². The monoisotopic (exact) mass is 451 g/mol. The van der Waals surface area contributed by atoms with Crippen LogP contribution >= 0.6 is 0 Å². The summed E-state index contributed by atoms with van der Waals surface area (Å²) in [7, 11) is -3.77. The molecule has 4 rings (SSSR count). The lowest BCUT2D eigenvalue weighted by atomic mass is 10.1. The van der Waals surface area contributed by atoms with Crippen molar-refractivity contribution in [2.24, 2.45) is 4.99 Å². The van der Waals surface area contributed by atoms with Gasteiger partial charge in [0.2, 0.25) is 0 Å². The number of carbonyl (C=O) groups excluding carboxylic acids is 1. The van der Waals surface area contributed by atoms with Gasteiger partial charge in [-0.25, -0.2) is 8.42 Å². The minimum Gasteiger partial charge on any atom is -0.484 e. The van der Waals surface area contributed by atoms with Crippen molar-refractivity contribution in [3.8, 4) is 5.75 Å². The molecule has 0 aliphatic carbocycles. The molecule has 0 unspecified atom stereocenters. The smallest absolute Gasteiger partial charge is 0.262 e. The van der Waals surface area contributed by atoms with E-state index in [0.29, 0.717) is 30.2 Å². The normalized spacial score (nSPS) is 14.3. The Hall–Kier alpha value is -3.39. The zero-order valence-corrected chi connectivity index (χ0v) is 18.4. The maximum Gasteiger partial charge on any atom is 0.262 e. The second-order valence-electron chi connectivity index (χ2n) is 7.62. The molecule has 32 heavy (non-hydrogen) atoms. The van der Waals surface area contributed by atoms with Crippen LogP contribution in [0.25, 0.3) is 10.8 Å². The zero-order chi connectivity index (χ0) is 22.4. The average molecular weight is 452 g/mol. The summed E-state index contributed by atoms with van der Waals surface area (Å²) < 4.78 is 33.7. The molecule has 3 aromatic carbocycles. The fourth-order valence-electron chi connectivity index (χ4n) is 3.52. The number of hydrogen-bond acceptors (Lipinski definition) is 5. The largest absolute Gasteiger partial charge is 0.484 e. The molecule has 0 saturated heterocycles. The van der Waals surface area contributed by atoms with E-state index in [-0.39, 0.29) is 17.4 Å². The predicted octanol–water partition coefficient (Wildman–Crippen LogP) is 4.11. The first-order valence-corrected chi connectivity index (χ1v) is 12.1. The number of benzene rings is 3. The van der Waals surface area contributed by atoms with Crippen LogP contribution in [0.3, 0.4) is 0 Å². The van der Waals surface area contributed by atoms with Crippen molar-refractivity contribution in [3.63, 3.8) is 0 Å². The van der Waals surface area contributed by atoms with E-state index in [1.807, 2.05) is 42.5 Å². The summed E-state index contributed by atoms with van der Waals surface area (Å²) in [5.41, 5.74) is 0.378. The number of hydrogen-bond donors (Lipinski definition) is 2. The fraction of sp³-hybridized carbons (Fsp3) is 0.250. The molecule has 0 spiro atoms. The molecule has 1 amide bonds. The molecule has 0 atom stereocenters. The summed E-state index contributed by atoms with van der Waals surface area (Å²) in [5, 5.41) is 4.80. The molecule has 3 aromatic rings. The molecule has 1 heterocycles. The van der Waals surface area contributed by atoms with Crippen LogP contribution in [0.4, 0.5) is 5.69 Å². The summed E-state index contributed by atoms with van der Waals surface area (Å²) >= 11 is 0. The quantitative estimate of drug-likeness (QED) is 0.589. The maximum atomic E-state index is 12.7. The zero-order valence-electron chi connectivity index (χ0n) is 17.6. The highest BCUT2D eigenvalue weighted by atomic mass is 32.2. The van der Waals surface area contributed by atoms with Crippen LogP contribution < -0.4 is 14.8 Å². The van der Waals surface area contributed by atoms with Crippen molar-refractivity contribution < 1.29 is 17.9 Å². The van der Waals surface area contributed by atoms with Gasteiger partial charge in [-0.3, -0.25) is 14.5 Å². The lowest BCUT2D eigenvalue weighted by molar-refractivity contribution is -0.118. The lowest BCUT2D eigenvalue weighted by Gasteiger charge is -2.12. The summed E-state index contributed by atoms with van der Waals surface area (Å²) in [6.07, 6.45) is 3.53. The molecule has 0 aromatic heterocycles. The molecule has 2 N–H and O–H groups in total. The van der Waals surface area contributed by atoms with Gasteiger partial charge in [-0.05, 0) is 53.9 Å². The number of sulfonamides is 1. The van der Waals surface area contributed by atoms with E-state index < -0.39 is 10.0 Å². The third-order valence-electron chi connectivity index (χ3n) is 5.15. The first kappa shape index (κ1) is 21.8. The average Bonchev–Trinajstić information content (AvgIpc) is 3.06. The minimum absolute atomic E-state index is 0.0673. The second kappa shape index (κ2) is 9.82. The van der Waals surface area contributed by atoms with Crippen LogP contribution in [-0.4, -0.2) is 33.3 Å². The molecule has 8 heteroatoms. The Morgan fingerprint density at radius 2 is 1.78 bits per heavy atom. The number of carbonyl (C=O) groups is 1. The standard InChI is InChI=1S/C24H25N3O4S/c28-24(17-31-21-13-12-18-7-3-4-8-19(18)15-21)26-20-9-6-10-22(16-20)32(29,30)27-23-11-2-1-5-14-25-23/h3-4,6-10,12-13,15-16H,1-2,5,11,14,17H2,(H,25,27)(H,26,28). The highest BCUT2D eigenvalue weighted by molar-refractivity contribution is 7.90. The Balaban J connectivity index is 1.38. The molecular weight excluding hydrogens is 426 g/mol. The number of fused-ring (bicyclic) bond motifs is 1. The van der Waals surface area contributed by atoms with E-state index in [1.165, 1.54) is 12.1 Å². The van der Waals surface area contributed by atoms with Crippen LogP contribution in [0, 0.1) is 0 Å². The summed E-state index contributed by atoms with van der Waals surface area (Å²) in [4.78, 5) is 16.7. The van der Waals surface area contributed by atoms with Gasteiger partial charge in [-0.1, -0.05) is 42.8 Å². The summed E-state index contributed by atoms with van der Waals surface area (Å²) in [6.45, 7) is 0.440. The van der Waals surface area contributed by atoms with Gasteiger partial charge in [0.15, 0.2) is 6.61 Å². The number of aliphatic imine (C=N–C) groups is 1. The van der Waals surface area contributed by atoms with Crippen molar-refractivity contribution in [2.75, 3.05) is 18.5 Å². The van der Waals surface area contributed by atoms with Crippen molar-refractivity contribution in [2.45, 2.75) is 30.6 Å². The SMILES string of the molecule is O=C(COc1ccc2ccccc2c1)Nc1cccc(S(=O)(=O)NC2=NCCCCC2)c1. The number of amidine groups is 1. The fourth-order valence-corrected chi connectivity index (χ4v) is 4.65. The number of nitrogens with zero attached hydrogens (tertiary/aromatic N) is 1. The Kier molecular flexibility index (Phi) is 6.70. The molecule has 166 valence electrons. The Bertz CT molecular complexity index is 1250. The summed E-state index contributed by atoms with van der Waals surface area (Å²) in [5.74, 6) is 0.693. The van der Waals surface area contributed by atoms with Crippen LogP contribution in [-0.2, 0) is 14.8 Å². The van der Waals surface area contributed by atoms with Crippen molar-refractivity contribution in [3.05, 3.63) is 66.7 Å². The topological polar surface area (TPSA) is 96.9 Å². The van der Waals surface area contributed by atoms with Crippen molar-refractivity contribution in [1.29, 1.82) is 0 Å². The molecule has 0 radical (unpaired) electrons. The van der Waals surface area contributed by atoms with Crippen molar-refractivity contribution >= 4 is 38.2 Å². The second-order valence-corrected chi connectivity index (χ2v) is 9.30. The highest BCUT2D eigenvalue weighted by Crippen LogP contribution is 2.21. The summed E-state index contributed by atoms with van der Waals surface area (Å²) in [6, 6.07) is 19.6. The van der Waals surface area contributed by atoms with Gasteiger partial charge in [0.1, 0.15) is 11.6 Å². The first-order valence-electron chi connectivity index (χ1n) is 10.6. The van der Waals surface area contributed by atoms with E-state index in [2.05, 4.69) is 15.0 Å². The predicted molar refractivity (Wildman–Crippen MR) is 126 cm³/mol. The first-order chi connectivity index (χ1) is 15.5. The van der Waals surface area contributed by atoms with Gasteiger partial charge in [-0.2, -0.15) is 0 Å². The molecule has 0 saturated carbocycles. The van der Waals surface area contributed by atoms with E-state index in [4.69, 9.17) is 4.74 Å². The van der Waals surface area contributed by atoms with Crippen LogP contribution in [0.2, 0.25) is 0 Å². The maximum absolute atomic E-state index is 12.7. The van der Waals surface area contributed by atoms with Crippen LogP contribution in [0.5, 0.6) is 5.75 Å². The van der Waals surface area contributed by atoms with Gasteiger partial charge in [-0.15, -0.1) is 0 Å². The van der Waals surface area contributed by atoms with E-state index >= 15 is 0 Å². The van der Waals surface area contributed by atoms with E-state index in [1.54, 1.807) is 12.1 Å². The minimum atomic E-state index is -3.77. The molecule has 0 bridgehead atoms. The van der Waals surface area contributed by atoms with Crippen molar-refractivity contribution in [1.82, 2.24) is 4.72 Å². The van der Waals surface area contributed by atoms with Gasteiger partial charge in [0, 0.05) is 18.7 Å². The molecular formula is C24H25N3O4S. The number of nitrogens with one attached hydrogen (secondary N) is 2. The Morgan fingerprint density at radius 1 is 0.938 bits per heavy atom. The van der Waals surface area contributed by atoms with Gasteiger partial charge in [0.25, 0.3) is 15.9 Å². The Morgan fingerprint density at radius 3 is 2.66 bits per heavy atom. The molecule has 1 aliphatic rings.